The standard InChI is InChI=1S/C20H20ClN5O4S/c1-13-17(21)11-16(12-18(13)26(27)28)31(29,30)24-15-7-5-6-14(10-15)20-23-22-19-8-3-2-4-9-25(19)20/h5-7,10-12,24H,2-4,8-9H2,1H3. The van der Waals surface area contributed by atoms with E-state index in [1.54, 1.807) is 18.2 Å². The van der Waals surface area contributed by atoms with Gasteiger partial charge < -0.3 is 4.57 Å². The van der Waals surface area contributed by atoms with E-state index in [4.69, 9.17) is 11.6 Å². The number of hydrogen-bond acceptors (Lipinski definition) is 6. The first kappa shape index (κ1) is 21.3. The first-order chi connectivity index (χ1) is 14.8. The van der Waals surface area contributed by atoms with Gasteiger partial charge in [0.15, 0.2) is 5.82 Å². The van der Waals surface area contributed by atoms with Crippen molar-refractivity contribution < 1.29 is 13.3 Å². The quantitative estimate of drug-likeness (QED) is 0.445. The minimum atomic E-state index is -4.10. The van der Waals surface area contributed by atoms with Crippen molar-refractivity contribution in [3.63, 3.8) is 0 Å². The average molecular weight is 462 g/mol. The molecule has 11 heteroatoms. The summed E-state index contributed by atoms with van der Waals surface area (Å²) < 4.78 is 30.3. The fourth-order valence-electron chi connectivity index (χ4n) is 3.62. The number of nitro groups is 1. The zero-order valence-corrected chi connectivity index (χ0v) is 18.3. The highest BCUT2D eigenvalue weighted by molar-refractivity contribution is 7.92. The van der Waals surface area contributed by atoms with Gasteiger partial charge in [-0.2, -0.15) is 0 Å². The molecule has 0 fully saturated rings. The summed E-state index contributed by atoms with van der Waals surface area (Å²) in [5.74, 6) is 1.62. The van der Waals surface area contributed by atoms with E-state index < -0.39 is 14.9 Å². The number of sulfonamides is 1. The molecule has 0 amide bonds. The van der Waals surface area contributed by atoms with Crippen LogP contribution in [0.15, 0.2) is 41.3 Å². The van der Waals surface area contributed by atoms with Gasteiger partial charge in [0.25, 0.3) is 15.7 Å². The molecule has 0 spiro atoms. The molecule has 0 saturated carbocycles. The van der Waals surface area contributed by atoms with Gasteiger partial charge >= 0.3 is 0 Å². The van der Waals surface area contributed by atoms with E-state index in [9.17, 15) is 18.5 Å². The molecule has 2 heterocycles. The first-order valence-corrected chi connectivity index (χ1v) is 11.6. The summed E-state index contributed by atoms with van der Waals surface area (Å²) >= 11 is 6.03. The van der Waals surface area contributed by atoms with Crippen LogP contribution in [0.2, 0.25) is 5.02 Å². The van der Waals surface area contributed by atoms with E-state index in [0.717, 1.165) is 49.7 Å². The van der Waals surface area contributed by atoms with Crippen molar-refractivity contribution >= 4 is 33.0 Å². The molecule has 1 N–H and O–H groups in total. The topological polar surface area (TPSA) is 120 Å². The molecule has 0 atom stereocenters. The highest BCUT2D eigenvalue weighted by Gasteiger charge is 2.23. The van der Waals surface area contributed by atoms with E-state index in [-0.39, 0.29) is 21.2 Å². The van der Waals surface area contributed by atoms with Gasteiger partial charge in [-0.1, -0.05) is 30.2 Å². The van der Waals surface area contributed by atoms with Gasteiger partial charge in [-0.3, -0.25) is 14.8 Å². The van der Waals surface area contributed by atoms with Crippen molar-refractivity contribution in [3.8, 4) is 11.4 Å². The summed E-state index contributed by atoms with van der Waals surface area (Å²) in [7, 11) is -4.10. The Morgan fingerprint density at radius 3 is 2.74 bits per heavy atom. The number of aromatic nitrogens is 3. The summed E-state index contributed by atoms with van der Waals surface area (Å²) in [6.07, 6.45) is 4.11. The molecule has 4 rings (SSSR count). The van der Waals surface area contributed by atoms with Crippen LogP contribution in [-0.4, -0.2) is 28.1 Å². The van der Waals surface area contributed by atoms with Crippen molar-refractivity contribution in [2.24, 2.45) is 0 Å². The lowest BCUT2D eigenvalue weighted by atomic mass is 10.2. The summed E-state index contributed by atoms with van der Waals surface area (Å²) in [5.41, 5.74) is 0.893. The van der Waals surface area contributed by atoms with E-state index in [2.05, 4.69) is 19.5 Å². The molecule has 0 aliphatic carbocycles. The Morgan fingerprint density at radius 2 is 1.97 bits per heavy atom. The van der Waals surface area contributed by atoms with Crippen molar-refractivity contribution in [2.45, 2.75) is 44.0 Å². The minimum absolute atomic E-state index is 0.00878. The second-order valence-corrected chi connectivity index (χ2v) is 9.48. The van der Waals surface area contributed by atoms with E-state index in [1.165, 1.54) is 13.0 Å². The lowest BCUT2D eigenvalue weighted by Crippen LogP contribution is -2.14. The third kappa shape index (κ3) is 4.26. The predicted octanol–water partition coefficient (Wildman–Crippen LogP) is 4.34. The molecule has 1 aliphatic rings. The Balaban J connectivity index is 1.67. The zero-order valence-electron chi connectivity index (χ0n) is 16.7. The number of nitro benzene ring substituents is 1. The minimum Gasteiger partial charge on any atom is -0.311 e. The Morgan fingerprint density at radius 1 is 1.16 bits per heavy atom. The van der Waals surface area contributed by atoms with E-state index in [1.807, 2.05) is 6.07 Å². The maximum atomic E-state index is 12.9. The summed E-state index contributed by atoms with van der Waals surface area (Å²) in [6, 6.07) is 9.04. The molecule has 3 aromatic rings. The highest BCUT2D eigenvalue weighted by atomic mass is 35.5. The van der Waals surface area contributed by atoms with Crippen molar-refractivity contribution in [2.75, 3.05) is 4.72 Å². The number of anilines is 1. The van der Waals surface area contributed by atoms with Crippen LogP contribution in [0.4, 0.5) is 11.4 Å². The summed E-state index contributed by atoms with van der Waals surface area (Å²) in [6.45, 7) is 2.29. The molecule has 0 radical (unpaired) electrons. The zero-order chi connectivity index (χ0) is 22.2. The largest absolute Gasteiger partial charge is 0.311 e. The van der Waals surface area contributed by atoms with Crippen molar-refractivity contribution in [3.05, 3.63) is 62.9 Å². The fourth-order valence-corrected chi connectivity index (χ4v) is 4.99. The average Bonchev–Trinajstić information content (AvgIpc) is 2.97. The number of rotatable bonds is 5. The smallest absolute Gasteiger partial charge is 0.275 e. The molecule has 2 aromatic carbocycles. The van der Waals surface area contributed by atoms with E-state index in [0.29, 0.717) is 11.5 Å². The van der Waals surface area contributed by atoms with Crippen LogP contribution >= 0.6 is 11.6 Å². The van der Waals surface area contributed by atoms with Gasteiger partial charge in [0.2, 0.25) is 0 Å². The maximum Gasteiger partial charge on any atom is 0.275 e. The highest BCUT2D eigenvalue weighted by Crippen LogP contribution is 2.31. The van der Waals surface area contributed by atoms with E-state index >= 15 is 0 Å². The third-order valence-electron chi connectivity index (χ3n) is 5.28. The van der Waals surface area contributed by atoms with Crippen molar-refractivity contribution in [1.29, 1.82) is 0 Å². The van der Waals surface area contributed by atoms with Gasteiger partial charge in [0, 0.05) is 35.8 Å². The number of hydrogen-bond donors (Lipinski definition) is 1. The Bertz CT molecular complexity index is 1270. The van der Waals surface area contributed by atoms with Crippen LogP contribution in [0, 0.1) is 17.0 Å². The van der Waals surface area contributed by atoms with Gasteiger partial charge in [0.05, 0.1) is 14.8 Å². The molecule has 0 saturated heterocycles. The lowest BCUT2D eigenvalue weighted by molar-refractivity contribution is -0.385. The molecule has 162 valence electrons. The maximum absolute atomic E-state index is 12.9. The Kier molecular flexibility index (Phi) is 5.67. The monoisotopic (exact) mass is 461 g/mol. The lowest BCUT2D eigenvalue weighted by Gasteiger charge is -2.11. The summed E-state index contributed by atoms with van der Waals surface area (Å²) in [4.78, 5) is 10.3. The second-order valence-electron chi connectivity index (χ2n) is 7.39. The number of nitrogens with one attached hydrogen (secondary N) is 1. The summed E-state index contributed by atoms with van der Waals surface area (Å²) in [5, 5.41) is 19.8. The molecular formula is C20H20ClN5O4S. The molecule has 0 bridgehead atoms. The van der Waals surface area contributed by atoms with Crippen LogP contribution in [0.25, 0.3) is 11.4 Å². The molecule has 31 heavy (non-hydrogen) atoms. The number of fused-ring (bicyclic) bond motifs is 1. The molecule has 1 aromatic heterocycles. The van der Waals surface area contributed by atoms with Gasteiger partial charge in [-0.25, -0.2) is 8.42 Å². The number of nitrogens with zero attached hydrogens (tertiary/aromatic N) is 4. The molecule has 9 nitrogen and oxygen atoms in total. The third-order valence-corrected chi connectivity index (χ3v) is 7.03. The normalized spacial score (nSPS) is 14.0. The van der Waals surface area contributed by atoms with Crippen LogP contribution in [0.5, 0.6) is 0 Å². The van der Waals surface area contributed by atoms with Crippen LogP contribution in [-0.2, 0) is 23.0 Å². The number of aryl methyl sites for hydroxylation is 1. The van der Waals surface area contributed by atoms with Gasteiger partial charge in [-0.05, 0) is 38.0 Å². The number of benzene rings is 2. The Labute approximate surface area is 184 Å². The SMILES string of the molecule is Cc1c(Cl)cc(S(=O)(=O)Nc2cccc(-c3nnc4n3CCCCC4)c2)cc1[N+](=O)[O-]. The predicted molar refractivity (Wildman–Crippen MR) is 117 cm³/mol. The molecule has 1 aliphatic heterocycles. The molecular weight excluding hydrogens is 442 g/mol. The first-order valence-electron chi connectivity index (χ1n) is 9.76. The van der Waals surface area contributed by atoms with Crippen LogP contribution in [0.1, 0.15) is 30.7 Å². The fraction of sp³-hybridized carbons (Fsp3) is 0.300. The second kappa shape index (κ2) is 8.27. The van der Waals surface area contributed by atoms with Gasteiger partial charge in [-0.15, -0.1) is 10.2 Å². The van der Waals surface area contributed by atoms with Gasteiger partial charge in [0.1, 0.15) is 5.82 Å². The Hall–Kier alpha value is -2.98. The van der Waals surface area contributed by atoms with Crippen LogP contribution in [0.3, 0.4) is 0 Å². The molecule has 0 unspecified atom stereocenters. The van der Waals surface area contributed by atoms with Crippen LogP contribution < -0.4 is 4.72 Å². The number of halogens is 1. The van der Waals surface area contributed by atoms with Crippen molar-refractivity contribution in [1.82, 2.24) is 14.8 Å².